The van der Waals surface area contributed by atoms with E-state index in [0.717, 1.165) is 33.3 Å². The molecule has 0 radical (unpaired) electrons. The van der Waals surface area contributed by atoms with Gasteiger partial charge in [-0.05, 0) is 59.7 Å². The highest BCUT2D eigenvalue weighted by molar-refractivity contribution is 7.25. The van der Waals surface area contributed by atoms with Crippen molar-refractivity contribution in [1.82, 2.24) is 0 Å². The molecule has 0 fully saturated rings. The molecule has 33 heavy (non-hydrogen) atoms. The summed E-state index contributed by atoms with van der Waals surface area (Å²) in [6, 6.07) is 38.5. The Morgan fingerprint density at radius 3 is 2.09 bits per heavy atom. The van der Waals surface area contributed by atoms with Crippen molar-refractivity contribution < 1.29 is 4.42 Å². The van der Waals surface area contributed by atoms with Gasteiger partial charge in [-0.1, -0.05) is 60.7 Å². The zero-order valence-electron chi connectivity index (χ0n) is 17.7. The van der Waals surface area contributed by atoms with E-state index in [-0.39, 0.29) is 0 Å². The lowest BCUT2D eigenvalue weighted by atomic mass is 10.0. The predicted molar refractivity (Wildman–Crippen MR) is 142 cm³/mol. The first-order valence-corrected chi connectivity index (χ1v) is 11.8. The number of fused-ring (bicyclic) bond motifs is 6. The molecule has 2 heterocycles. The van der Waals surface area contributed by atoms with Crippen LogP contribution >= 0.6 is 11.3 Å². The van der Waals surface area contributed by atoms with Crippen LogP contribution in [0.15, 0.2) is 114 Å². The van der Waals surface area contributed by atoms with E-state index < -0.39 is 0 Å². The fourth-order valence-electron chi connectivity index (χ4n) is 4.62. The summed E-state index contributed by atoms with van der Waals surface area (Å²) in [6.07, 6.45) is 0. The minimum Gasteiger partial charge on any atom is -0.456 e. The second-order valence-corrected chi connectivity index (χ2v) is 9.40. The van der Waals surface area contributed by atoms with Crippen LogP contribution in [-0.4, -0.2) is 0 Å². The molecule has 0 saturated heterocycles. The van der Waals surface area contributed by atoms with Gasteiger partial charge in [0.1, 0.15) is 11.2 Å². The van der Waals surface area contributed by atoms with E-state index in [9.17, 15) is 0 Å². The number of para-hydroxylation sites is 1. The Bertz CT molecular complexity index is 1790. The molecule has 0 amide bonds. The monoisotopic (exact) mass is 441 g/mol. The van der Waals surface area contributed by atoms with E-state index in [1.807, 2.05) is 35.6 Å². The Balaban J connectivity index is 1.20. The lowest BCUT2D eigenvalue weighted by Crippen LogP contribution is -1.89. The van der Waals surface area contributed by atoms with Crippen molar-refractivity contribution in [3.8, 4) is 11.1 Å². The van der Waals surface area contributed by atoms with Gasteiger partial charge in [0.05, 0.1) is 0 Å². The van der Waals surface area contributed by atoms with E-state index in [2.05, 4.69) is 90.2 Å². The Hall–Kier alpha value is -4.08. The Kier molecular flexibility index (Phi) is 4.05. The third-order valence-electron chi connectivity index (χ3n) is 6.26. The summed E-state index contributed by atoms with van der Waals surface area (Å²) in [7, 11) is 0. The van der Waals surface area contributed by atoms with Gasteiger partial charge in [-0.25, -0.2) is 0 Å². The highest BCUT2D eigenvalue weighted by atomic mass is 32.1. The number of benzene rings is 5. The van der Waals surface area contributed by atoms with Gasteiger partial charge in [0, 0.05) is 42.3 Å². The molecular weight excluding hydrogens is 422 g/mol. The van der Waals surface area contributed by atoms with Crippen LogP contribution in [0.2, 0.25) is 0 Å². The summed E-state index contributed by atoms with van der Waals surface area (Å²) >= 11 is 1.86. The molecule has 2 aromatic heterocycles. The lowest BCUT2D eigenvalue weighted by molar-refractivity contribution is 0.669. The van der Waals surface area contributed by atoms with Crippen LogP contribution in [0, 0.1) is 0 Å². The Labute approximate surface area is 194 Å². The first-order chi connectivity index (χ1) is 16.3. The van der Waals surface area contributed by atoms with E-state index >= 15 is 0 Å². The zero-order valence-corrected chi connectivity index (χ0v) is 18.5. The second-order valence-electron chi connectivity index (χ2n) is 8.32. The van der Waals surface area contributed by atoms with Gasteiger partial charge in [-0.15, -0.1) is 11.3 Å². The fourth-order valence-corrected chi connectivity index (χ4v) is 5.77. The molecule has 2 nitrogen and oxygen atoms in total. The van der Waals surface area contributed by atoms with Crippen LogP contribution in [0.1, 0.15) is 0 Å². The highest BCUT2D eigenvalue weighted by Gasteiger charge is 2.08. The molecule has 0 spiro atoms. The van der Waals surface area contributed by atoms with Crippen LogP contribution in [0.5, 0.6) is 0 Å². The van der Waals surface area contributed by atoms with E-state index in [1.54, 1.807) is 0 Å². The fraction of sp³-hybridized carbons (Fsp3) is 0. The number of anilines is 2. The van der Waals surface area contributed by atoms with Crippen molar-refractivity contribution in [2.24, 2.45) is 0 Å². The van der Waals surface area contributed by atoms with Crippen molar-refractivity contribution >= 4 is 64.8 Å². The third kappa shape index (κ3) is 3.09. The summed E-state index contributed by atoms with van der Waals surface area (Å²) < 4.78 is 8.61. The van der Waals surface area contributed by atoms with Crippen LogP contribution in [0.25, 0.3) is 53.2 Å². The van der Waals surface area contributed by atoms with Crippen molar-refractivity contribution in [3.63, 3.8) is 0 Å². The summed E-state index contributed by atoms with van der Waals surface area (Å²) in [5.41, 5.74) is 6.41. The molecule has 0 bridgehead atoms. The number of thiophene rings is 1. The first kappa shape index (κ1) is 18.5. The lowest BCUT2D eigenvalue weighted by Gasteiger charge is -2.08. The smallest absolute Gasteiger partial charge is 0.135 e. The van der Waals surface area contributed by atoms with Gasteiger partial charge in [-0.2, -0.15) is 0 Å². The summed E-state index contributed by atoms with van der Waals surface area (Å²) in [6.45, 7) is 0. The summed E-state index contributed by atoms with van der Waals surface area (Å²) in [4.78, 5) is 0. The van der Waals surface area contributed by atoms with Gasteiger partial charge < -0.3 is 9.73 Å². The number of hydrogen-bond donors (Lipinski definition) is 1. The normalized spacial score (nSPS) is 11.6. The van der Waals surface area contributed by atoms with Gasteiger partial charge in [0.2, 0.25) is 0 Å². The van der Waals surface area contributed by atoms with E-state index in [1.165, 1.54) is 31.3 Å². The maximum Gasteiger partial charge on any atom is 0.135 e. The van der Waals surface area contributed by atoms with Crippen LogP contribution in [0.3, 0.4) is 0 Å². The average molecular weight is 442 g/mol. The van der Waals surface area contributed by atoms with E-state index in [4.69, 9.17) is 4.42 Å². The molecule has 0 atom stereocenters. The van der Waals surface area contributed by atoms with E-state index in [0.29, 0.717) is 0 Å². The molecule has 3 heteroatoms. The number of rotatable bonds is 3. The minimum atomic E-state index is 0.911. The Morgan fingerprint density at radius 2 is 1.18 bits per heavy atom. The minimum absolute atomic E-state index is 0.911. The SMILES string of the molecule is c1ccc2c(c1)oc1ccc(Nc3ccc(-c4ccc5c(c4)sc4ccccc45)cc3)cc12. The van der Waals surface area contributed by atoms with Crippen LogP contribution < -0.4 is 5.32 Å². The van der Waals surface area contributed by atoms with Gasteiger partial charge in [0.25, 0.3) is 0 Å². The van der Waals surface area contributed by atoms with Gasteiger partial charge >= 0.3 is 0 Å². The van der Waals surface area contributed by atoms with Crippen molar-refractivity contribution in [3.05, 3.63) is 109 Å². The molecule has 7 aromatic rings. The zero-order chi connectivity index (χ0) is 21.8. The molecule has 0 aliphatic rings. The third-order valence-corrected chi connectivity index (χ3v) is 7.40. The maximum atomic E-state index is 5.95. The standard InChI is InChI=1S/C30H19NOS/c1-3-7-27-23(5-1)26-18-22(14-16-28(26)32-27)31-21-12-9-19(10-13-21)20-11-15-25-24-6-2-4-8-29(24)33-30(25)17-20/h1-18,31H. The number of hydrogen-bond acceptors (Lipinski definition) is 3. The summed E-state index contributed by atoms with van der Waals surface area (Å²) in [5.74, 6) is 0. The molecule has 1 N–H and O–H groups in total. The van der Waals surface area contributed by atoms with Crippen molar-refractivity contribution in [2.45, 2.75) is 0 Å². The first-order valence-electron chi connectivity index (χ1n) is 11.0. The van der Waals surface area contributed by atoms with Gasteiger partial charge in [0.15, 0.2) is 0 Å². The molecular formula is C30H19NOS. The molecule has 7 rings (SSSR count). The second kappa shape index (κ2) is 7.22. The molecule has 0 saturated carbocycles. The molecule has 0 aliphatic heterocycles. The largest absolute Gasteiger partial charge is 0.456 e. The maximum absolute atomic E-state index is 5.95. The van der Waals surface area contributed by atoms with Crippen molar-refractivity contribution in [2.75, 3.05) is 5.32 Å². The Morgan fingerprint density at radius 1 is 0.485 bits per heavy atom. The van der Waals surface area contributed by atoms with Crippen LogP contribution in [0.4, 0.5) is 11.4 Å². The van der Waals surface area contributed by atoms with Crippen molar-refractivity contribution in [1.29, 1.82) is 0 Å². The molecule has 156 valence electrons. The topological polar surface area (TPSA) is 25.2 Å². The average Bonchev–Trinajstić information content (AvgIpc) is 3.42. The molecule has 0 unspecified atom stereocenters. The highest BCUT2D eigenvalue weighted by Crippen LogP contribution is 2.36. The van der Waals surface area contributed by atoms with Gasteiger partial charge in [-0.3, -0.25) is 0 Å². The number of nitrogens with one attached hydrogen (secondary N) is 1. The molecule has 5 aromatic carbocycles. The molecule has 0 aliphatic carbocycles. The van der Waals surface area contributed by atoms with Crippen LogP contribution in [-0.2, 0) is 0 Å². The quantitative estimate of drug-likeness (QED) is 0.295. The summed E-state index contributed by atoms with van der Waals surface area (Å²) in [5, 5.41) is 8.48. The predicted octanol–water partition coefficient (Wildman–Crippen LogP) is 9.36. The number of furan rings is 1.